The van der Waals surface area contributed by atoms with E-state index in [1.165, 1.54) is 0 Å². The Hall–Kier alpha value is -1.91. The summed E-state index contributed by atoms with van der Waals surface area (Å²) in [4.78, 5) is 36.9. The van der Waals surface area contributed by atoms with Crippen molar-refractivity contribution in [1.82, 2.24) is 0 Å². The fourth-order valence-corrected chi connectivity index (χ4v) is 4.46. The van der Waals surface area contributed by atoms with Crippen LogP contribution in [0.3, 0.4) is 0 Å². The summed E-state index contributed by atoms with van der Waals surface area (Å²) < 4.78 is 11.5. The van der Waals surface area contributed by atoms with Crippen LogP contribution in [-0.2, 0) is 23.9 Å². The summed E-state index contributed by atoms with van der Waals surface area (Å²) in [5, 5.41) is 0. The summed E-state index contributed by atoms with van der Waals surface area (Å²) in [5.74, 6) is -1.27. The highest BCUT2D eigenvalue weighted by atomic mass is 16.6. The number of unbranched alkanes of at least 4 members (excludes halogenated alkanes) is 1. The first-order valence-electron chi connectivity index (χ1n) is 9.17. The Morgan fingerprint density at radius 1 is 1.32 bits per heavy atom. The molecule has 1 fully saturated rings. The molecular weight excluding hydrogens is 320 g/mol. The van der Waals surface area contributed by atoms with Crippen LogP contribution in [0, 0.1) is 17.8 Å². The van der Waals surface area contributed by atoms with Gasteiger partial charge in [-0.1, -0.05) is 31.4 Å². The molecule has 0 N–H and O–H groups in total. The van der Waals surface area contributed by atoms with Crippen LogP contribution in [0.2, 0.25) is 0 Å². The molecule has 0 unspecified atom stereocenters. The highest BCUT2D eigenvalue weighted by Gasteiger charge is 2.55. The van der Waals surface area contributed by atoms with E-state index in [2.05, 4.69) is 0 Å². The first-order valence-corrected chi connectivity index (χ1v) is 9.17. The number of carbonyl (C=O) groups is 3. The lowest BCUT2D eigenvalue weighted by molar-refractivity contribution is -0.153. The maximum absolute atomic E-state index is 12.4. The molecule has 1 saturated heterocycles. The molecule has 0 bridgehead atoms. The molecule has 5 heteroatoms. The van der Waals surface area contributed by atoms with E-state index in [9.17, 15) is 14.4 Å². The Morgan fingerprint density at radius 3 is 2.72 bits per heavy atom. The van der Waals surface area contributed by atoms with Crippen molar-refractivity contribution < 1.29 is 23.9 Å². The second kappa shape index (κ2) is 6.77. The molecule has 2 aliphatic carbocycles. The van der Waals surface area contributed by atoms with Crippen molar-refractivity contribution in [3.63, 3.8) is 0 Å². The molecule has 0 radical (unpaired) electrons. The first kappa shape index (κ1) is 17.9. The Morgan fingerprint density at radius 2 is 2.04 bits per heavy atom. The van der Waals surface area contributed by atoms with Crippen molar-refractivity contribution in [2.45, 2.75) is 65.6 Å². The summed E-state index contributed by atoms with van der Waals surface area (Å²) in [7, 11) is 0. The van der Waals surface area contributed by atoms with Crippen molar-refractivity contribution in [2.75, 3.05) is 0 Å². The summed E-state index contributed by atoms with van der Waals surface area (Å²) in [6, 6.07) is 0. The van der Waals surface area contributed by atoms with Gasteiger partial charge < -0.3 is 9.47 Å². The van der Waals surface area contributed by atoms with Crippen LogP contribution in [0.25, 0.3) is 0 Å². The van der Waals surface area contributed by atoms with E-state index in [0.29, 0.717) is 12.8 Å². The van der Waals surface area contributed by atoms with Gasteiger partial charge in [0, 0.05) is 30.3 Å². The van der Waals surface area contributed by atoms with E-state index < -0.39 is 12.2 Å². The summed E-state index contributed by atoms with van der Waals surface area (Å²) in [5.41, 5.74) is 2.59. The van der Waals surface area contributed by atoms with Gasteiger partial charge in [-0.3, -0.25) is 14.4 Å². The minimum Gasteiger partial charge on any atom is -0.462 e. The smallest absolute Gasteiger partial charge is 0.309 e. The second-order valence-electron chi connectivity index (χ2n) is 7.53. The van der Waals surface area contributed by atoms with E-state index in [1.807, 2.05) is 27.7 Å². The molecule has 0 aromatic heterocycles. The van der Waals surface area contributed by atoms with Crippen LogP contribution >= 0.6 is 0 Å². The van der Waals surface area contributed by atoms with E-state index in [1.54, 1.807) is 6.08 Å². The van der Waals surface area contributed by atoms with Gasteiger partial charge in [-0.05, 0) is 26.3 Å². The average molecular weight is 346 g/mol. The standard InChI is InChI=1S/C20H26O5/c1-5-6-7-15(22)24-14-9-11(3)16-13(21)8-10(2)17(16)19-18(14)12(4)20(23)25-19/h8,12,14,17-19H,5-7,9H2,1-4H3/t12-,14-,17+,18-,19-/m1/s1. The van der Waals surface area contributed by atoms with Crippen LogP contribution in [0.5, 0.6) is 0 Å². The van der Waals surface area contributed by atoms with Crippen molar-refractivity contribution in [1.29, 1.82) is 0 Å². The minimum absolute atomic E-state index is 0.00712. The Balaban J connectivity index is 1.94. The largest absolute Gasteiger partial charge is 0.462 e. The van der Waals surface area contributed by atoms with Gasteiger partial charge in [-0.2, -0.15) is 0 Å². The summed E-state index contributed by atoms with van der Waals surface area (Å²) in [6.45, 7) is 7.68. The summed E-state index contributed by atoms with van der Waals surface area (Å²) >= 11 is 0. The first-order chi connectivity index (χ1) is 11.8. The molecule has 136 valence electrons. The van der Waals surface area contributed by atoms with Gasteiger partial charge in [0.05, 0.1) is 5.92 Å². The van der Waals surface area contributed by atoms with Crippen molar-refractivity contribution in [3.8, 4) is 0 Å². The third-order valence-corrected chi connectivity index (χ3v) is 5.75. The van der Waals surface area contributed by atoms with Gasteiger partial charge in [0.15, 0.2) is 5.78 Å². The van der Waals surface area contributed by atoms with E-state index in [-0.39, 0.29) is 35.5 Å². The predicted octanol–water partition coefficient (Wildman–Crippen LogP) is 3.13. The summed E-state index contributed by atoms with van der Waals surface area (Å²) in [6.07, 6.45) is 3.37. The van der Waals surface area contributed by atoms with Crippen LogP contribution in [0.15, 0.2) is 22.8 Å². The molecule has 5 atom stereocenters. The Labute approximate surface area is 148 Å². The molecule has 0 aromatic carbocycles. The number of ketones is 1. The Kier molecular flexibility index (Phi) is 4.85. The lowest BCUT2D eigenvalue weighted by Gasteiger charge is -2.29. The fourth-order valence-electron chi connectivity index (χ4n) is 4.46. The molecule has 3 rings (SSSR count). The fraction of sp³-hybridized carbons (Fsp3) is 0.650. The lowest BCUT2D eigenvalue weighted by atomic mass is 9.79. The van der Waals surface area contributed by atoms with Crippen LogP contribution < -0.4 is 0 Å². The Bertz CT molecular complexity index is 672. The molecule has 3 aliphatic rings. The van der Waals surface area contributed by atoms with Crippen molar-refractivity contribution in [2.24, 2.45) is 17.8 Å². The number of ether oxygens (including phenoxy) is 2. The van der Waals surface area contributed by atoms with Gasteiger partial charge in [0.25, 0.3) is 0 Å². The maximum atomic E-state index is 12.4. The number of hydrogen-bond donors (Lipinski definition) is 0. The number of carbonyl (C=O) groups excluding carboxylic acids is 3. The topological polar surface area (TPSA) is 69.7 Å². The zero-order valence-corrected chi connectivity index (χ0v) is 15.3. The van der Waals surface area contributed by atoms with Gasteiger partial charge in [-0.15, -0.1) is 0 Å². The molecule has 1 heterocycles. The van der Waals surface area contributed by atoms with Gasteiger partial charge >= 0.3 is 11.9 Å². The monoisotopic (exact) mass is 346 g/mol. The maximum Gasteiger partial charge on any atom is 0.309 e. The second-order valence-corrected chi connectivity index (χ2v) is 7.53. The lowest BCUT2D eigenvalue weighted by Crippen LogP contribution is -2.37. The van der Waals surface area contributed by atoms with Gasteiger partial charge in [0.2, 0.25) is 0 Å². The quantitative estimate of drug-likeness (QED) is 0.732. The number of allylic oxidation sites excluding steroid dienone is 1. The highest BCUT2D eigenvalue weighted by molar-refractivity contribution is 6.09. The number of hydrogen-bond acceptors (Lipinski definition) is 5. The van der Waals surface area contributed by atoms with Crippen molar-refractivity contribution in [3.05, 3.63) is 22.8 Å². The normalized spacial score (nSPS) is 34.2. The molecule has 5 nitrogen and oxygen atoms in total. The number of rotatable bonds is 4. The predicted molar refractivity (Wildman–Crippen MR) is 91.5 cm³/mol. The van der Waals surface area contributed by atoms with E-state index in [0.717, 1.165) is 29.6 Å². The van der Waals surface area contributed by atoms with Crippen molar-refractivity contribution >= 4 is 17.7 Å². The molecule has 0 aromatic rings. The van der Waals surface area contributed by atoms with Crippen LogP contribution in [-0.4, -0.2) is 29.9 Å². The molecule has 1 aliphatic heterocycles. The van der Waals surface area contributed by atoms with Gasteiger partial charge in [0.1, 0.15) is 12.2 Å². The molecule has 0 saturated carbocycles. The zero-order chi connectivity index (χ0) is 18.3. The third kappa shape index (κ3) is 3.05. The molecular formula is C20H26O5. The van der Waals surface area contributed by atoms with Crippen LogP contribution in [0.1, 0.15) is 53.4 Å². The minimum atomic E-state index is -0.429. The zero-order valence-electron chi connectivity index (χ0n) is 15.3. The third-order valence-electron chi connectivity index (χ3n) is 5.75. The van der Waals surface area contributed by atoms with Gasteiger partial charge in [-0.25, -0.2) is 0 Å². The highest BCUT2D eigenvalue weighted by Crippen LogP contribution is 2.48. The molecule has 0 spiro atoms. The van der Waals surface area contributed by atoms with Crippen LogP contribution in [0.4, 0.5) is 0 Å². The number of fused-ring (bicyclic) bond motifs is 3. The molecule has 25 heavy (non-hydrogen) atoms. The van der Waals surface area contributed by atoms with E-state index >= 15 is 0 Å². The van der Waals surface area contributed by atoms with E-state index in [4.69, 9.17) is 9.47 Å². The SMILES string of the molecule is CCCCC(=O)O[C@@H]1CC(C)=C2C(=O)C=C(C)[C@@H]2[C@H]2OC(=O)[C@H](C)[C@@H]21. The molecule has 0 amide bonds. The average Bonchev–Trinajstić information content (AvgIpc) is 2.95. The number of esters is 2.